The van der Waals surface area contributed by atoms with Gasteiger partial charge in [0.05, 0.1) is 17.6 Å². The van der Waals surface area contributed by atoms with Crippen molar-refractivity contribution < 1.29 is 17.9 Å². The Hall–Kier alpha value is -2.75. The van der Waals surface area contributed by atoms with Crippen molar-refractivity contribution in [1.82, 2.24) is 9.29 Å². The first kappa shape index (κ1) is 22.4. The van der Waals surface area contributed by atoms with Crippen molar-refractivity contribution in [2.24, 2.45) is 5.92 Å². The van der Waals surface area contributed by atoms with Crippen molar-refractivity contribution in [2.75, 3.05) is 25.5 Å². The normalized spacial score (nSPS) is 15.4. The van der Waals surface area contributed by atoms with Gasteiger partial charge in [-0.05, 0) is 55.2 Å². The van der Waals surface area contributed by atoms with Crippen LogP contribution in [0.5, 0.6) is 5.75 Å². The molecule has 0 unspecified atom stereocenters. The second-order valence-corrected chi connectivity index (χ2v) is 10.6. The number of amides is 1. The van der Waals surface area contributed by atoms with Gasteiger partial charge < -0.3 is 10.1 Å². The number of methoxy groups -OCH3 is 1. The topological polar surface area (TPSA) is 88.6 Å². The van der Waals surface area contributed by atoms with Gasteiger partial charge in [-0.15, -0.1) is 11.3 Å². The highest BCUT2D eigenvalue weighted by molar-refractivity contribution is 7.89. The smallest absolute Gasteiger partial charge is 0.275 e. The molecule has 0 spiro atoms. The van der Waals surface area contributed by atoms with Crippen LogP contribution < -0.4 is 10.1 Å². The van der Waals surface area contributed by atoms with Crippen LogP contribution in [0, 0.1) is 5.92 Å². The standard InChI is InChI=1S/C23H25N3O4S2/c1-16-11-13-26(14-12-16)32(28,29)18-9-7-17(8-10-18)24-22(27)20-15-31-23(25-20)19-5-3-4-6-21(19)30-2/h3-10,15-16H,11-14H2,1-2H3,(H,24,27). The molecule has 1 aliphatic heterocycles. The van der Waals surface area contributed by atoms with Gasteiger partial charge in [0.1, 0.15) is 16.5 Å². The number of ether oxygens (including phenoxy) is 1. The van der Waals surface area contributed by atoms with E-state index in [-0.39, 0.29) is 16.5 Å². The third-order valence-electron chi connectivity index (χ3n) is 5.57. The lowest BCUT2D eigenvalue weighted by Gasteiger charge is -2.29. The Morgan fingerprint density at radius 3 is 2.50 bits per heavy atom. The summed E-state index contributed by atoms with van der Waals surface area (Å²) in [5.74, 6) is 0.880. The second-order valence-electron chi connectivity index (χ2n) is 7.80. The van der Waals surface area contributed by atoms with E-state index in [1.165, 1.54) is 27.8 Å². The first-order valence-electron chi connectivity index (χ1n) is 10.4. The number of benzene rings is 2. The number of carbonyl (C=O) groups is 1. The Morgan fingerprint density at radius 1 is 1.12 bits per heavy atom. The molecule has 0 radical (unpaired) electrons. The Morgan fingerprint density at radius 2 is 1.81 bits per heavy atom. The summed E-state index contributed by atoms with van der Waals surface area (Å²) in [5.41, 5.74) is 1.61. The molecule has 2 aromatic carbocycles. The number of piperidine rings is 1. The maximum Gasteiger partial charge on any atom is 0.275 e. The summed E-state index contributed by atoms with van der Waals surface area (Å²) < 4.78 is 32.6. The largest absolute Gasteiger partial charge is 0.496 e. The van der Waals surface area contributed by atoms with E-state index in [0.717, 1.165) is 18.4 Å². The van der Waals surface area contributed by atoms with E-state index in [1.54, 1.807) is 24.6 Å². The van der Waals surface area contributed by atoms with E-state index >= 15 is 0 Å². The monoisotopic (exact) mass is 471 g/mol. The van der Waals surface area contributed by atoms with Gasteiger partial charge in [-0.2, -0.15) is 4.31 Å². The molecule has 4 rings (SSSR count). The summed E-state index contributed by atoms with van der Waals surface area (Å²) in [6.45, 7) is 3.23. The van der Waals surface area contributed by atoms with Gasteiger partial charge in [0.25, 0.3) is 5.91 Å². The van der Waals surface area contributed by atoms with Gasteiger partial charge in [0.2, 0.25) is 10.0 Å². The lowest BCUT2D eigenvalue weighted by molar-refractivity contribution is 0.102. The van der Waals surface area contributed by atoms with E-state index in [2.05, 4.69) is 17.2 Å². The number of para-hydroxylation sites is 1. The third-order valence-corrected chi connectivity index (χ3v) is 8.36. The molecular weight excluding hydrogens is 446 g/mol. The minimum atomic E-state index is -3.52. The van der Waals surface area contributed by atoms with Crippen LogP contribution in [0.2, 0.25) is 0 Å². The first-order chi connectivity index (χ1) is 15.4. The van der Waals surface area contributed by atoms with Crippen molar-refractivity contribution in [1.29, 1.82) is 0 Å². The zero-order valence-electron chi connectivity index (χ0n) is 17.9. The van der Waals surface area contributed by atoms with E-state index in [0.29, 0.717) is 35.5 Å². The molecule has 7 nitrogen and oxygen atoms in total. The van der Waals surface area contributed by atoms with Gasteiger partial charge in [-0.3, -0.25) is 4.79 Å². The molecule has 9 heteroatoms. The lowest BCUT2D eigenvalue weighted by atomic mass is 10.0. The number of carbonyl (C=O) groups excluding carboxylic acids is 1. The van der Waals surface area contributed by atoms with Crippen molar-refractivity contribution >= 4 is 33.0 Å². The van der Waals surface area contributed by atoms with Crippen LogP contribution in [-0.2, 0) is 10.0 Å². The highest BCUT2D eigenvalue weighted by Gasteiger charge is 2.28. The highest BCUT2D eigenvalue weighted by Crippen LogP contribution is 2.32. The number of nitrogens with zero attached hydrogens (tertiary/aromatic N) is 2. The number of nitrogens with one attached hydrogen (secondary N) is 1. The maximum atomic E-state index is 12.9. The third kappa shape index (κ3) is 4.69. The van der Waals surface area contributed by atoms with Crippen molar-refractivity contribution in [3.05, 3.63) is 59.6 Å². The summed E-state index contributed by atoms with van der Waals surface area (Å²) in [6, 6.07) is 13.8. The minimum Gasteiger partial charge on any atom is -0.496 e. The van der Waals surface area contributed by atoms with E-state index in [4.69, 9.17) is 4.74 Å². The van der Waals surface area contributed by atoms with E-state index in [1.807, 2.05) is 24.3 Å². The molecular formula is C23H25N3O4S2. The fourth-order valence-electron chi connectivity index (χ4n) is 3.60. The summed E-state index contributed by atoms with van der Waals surface area (Å²) in [4.78, 5) is 17.3. The molecule has 1 aliphatic rings. The molecule has 0 bridgehead atoms. The molecule has 1 amide bonds. The highest BCUT2D eigenvalue weighted by atomic mass is 32.2. The van der Waals surface area contributed by atoms with Crippen LogP contribution >= 0.6 is 11.3 Å². The summed E-state index contributed by atoms with van der Waals surface area (Å²) in [6.07, 6.45) is 1.75. The SMILES string of the molecule is COc1ccccc1-c1nc(C(=O)Nc2ccc(S(=O)(=O)N3CCC(C)CC3)cc2)cs1. The molecule has 3 aromatic rings. The fourth-order valence-corrected chi connectivity index (χ4v) is 5.90. The van der Waals surface area contributed by atoms with Crippen LogP contribution in [0.25, 0.3) is 10.6 Å². The summed E-state index contributed by atoms with van der Waals surface area (Å²) in [5, 5.41) is 5.15. The maximum absolute atomic E-state index is 12.9. The van der Waals surface area contributed by atoms with Crippen molar-refractivity contribution in [3.63, 3.8) is 0 Å². The Labute approximate surface area is 192 Å². The molecule has 2 heterocycles. The van der Waals surface area contributed by atoms with Crippen molar-refractivity contribution in [3.8, 4) is 16.3 Å². The molecule has 0 saturated carbocycles. The summed E-state index contributed by atoms with van der Waals surface area (Å²) in [7, 11) is -1.93. The van der Waals surface area contributed by atoms with E-state index in [9.17, 15) is 13.2 Å². The fraction of sp³-hybridized carbons (Fsp3) is 0.304. The van der Waals surface area contributed by atoms with Gasteiger partial charge in [-0.1, -0.05) is 19.1 Å². The van der Waals surface area contributed by atoms with Crippen molar-refractivity contribution in [2.45, 2.75) is 24.7 Å². The first-order valence-corrected chi connectivity index (χ1v) is 12.7. The predicted molar refractivity (Wildman–Crippen MR) is 126 cm³/mol. The second kappa shape index (κ2) is 9.40. The van der Waals surface area contributed by atoms with Gasteiger partial charge in [-0.25, -0.2) is 13.4 Å². The molecule has 1 fully saturated rings. The molecule has 1 saturated heterocycles. The number of hydrogen-bond donors (Lipinski definition) is 1. The molecule has 0 atom stereocenters. The van der Waals surface area contributed by atoms with Gasteiger partial charge in [0, 0.05) is 24.2 Å². The Balaban J connectivity index is 1.45. The number of thiazole rings is 1. The zero-order valence-corrected chi connectivity index (χ0v) is 19.6. The average Bonchev–Trinajstić information content (AvgIpc) is 3.30. The molecule has 1 aromatic heterocycles. The van der Waals surface area contributed by atoms with Crippen LogP contribution in [0.3, 0.4) is 0 Å². The molecule has 168 valence electrons. The van der Waals surface area contributed by atoms with Crippen LogP contribution in [0.15, 0.2) is 58.8 Å². The number of anilines is 1. The van der Waals surface area contributed by atoms with E-state index < -0.39 is 10.0 Å². The number of aromatic nitrogens is 1. The lowest BCUT2D eigenvalue weighted by Crippen LogP contribution is -2.37. The quantitative estimate of drug-likeness (QED) is 0.572. The van der Waals surface area contributed by atoms with Crippen LogP contribution in [0.4, 0.5) is 5.69 Å². The van der Waals surface area contributed by atoms with Crippen LogP contribution in [0.1, 0.15) is 30.3 Å². The van der Waals surface area contributed by atoms with Gasteiger partial charge >= 0.3 is 0 Å². The van der Waals surface area contributed by atoms with Gasteiger partial charge in [0.15, 0.2) is 0 Å². The molecule has 32 heavy (non-hydrogen) atoms. The Kier molecular flexibility index (Phi) is 6.59. The number of rotatable bonds is 6. The summed E-state index contributed by atoms with van der Waals surface area (Å²) >= 11 is 1.36. The molecule has 0 aliphatic carbocycles. The van der Waals surface area contributed by atoms with Crippen LogP contribution in [-0.4, -0.2) is 43.8 Å². The Bertz CT molecular complexity index is 1200. The average molecular weight is 472 g/mol. The molecule has 1 N–H and O–H groups in total. The number of hydrogen-bond acceptors (Lipinski definition) is 6. The minimum absolute atomic E-state index is 0.233. The zero-order chi connectivity index (χ0) is 22.7. The number of sulfonamides is 1. The predicted octanol–water partition coefficient (Wildman–Crippen LogP) is 4.49.